The van der Waals surface area contributed by atoms with E-state index in [0.29, 0.717) is 5.03 Å². The van der Waals surface area contributed by atoms with Crippen LogP contribution in [0.5, 0.6) is 0 Å². The molecule has 0 saturated heterocycles. The highest BCUT2D eigenvalue weighted by molar-refractivity contribution is 6.31. The third-order valence-corrected chi connectivity index (χ3v) is 2.93. The van der Waals surface area contributed by atoms with Gasteiger partial charge >= 0.3 is 0 Å². The smallest absolute Gasteiger partial charge is 0.0337 e. The minimum absolute atomic E-state index is 0.555. The van der Waals surface area contributed by atoms with Crippen molar-refractivity contribution in [2.24, 2.45) is 0 Å². The van der Waals surface area contributed by atoms with Crippen molar-refractivity contribution in [2.75, 3.05) is 0 Å². The number of hydrogen-bond donors (Lipinski definition) is 0. The van der Waals surface area contributed by atoms with Crippen LogP contribution in [0, 0.1) is 0 Å². The van der Waals surface area contributed by atoms with Crippen molar-refractivity contribution >= 4 is 17.2 Å². The molecule has 0 spiro atoms. The Labute approximate surface area is 113 Å². The lowest BCUT2D eigenvalue weighted by Crippen LogP contribution is -1.81. The number of allylic oxidation sites excluding steroid dienone is 3. The predicted octanol–water partition coefficient (Wildman–Crippen LogP) is 5.51. The van der Waals surface area contributed by atoms with Crippen LogP contribution in [0.15, 0.2) is 72.3 Å². The molecule has 90 valence electrons. The Balaban J connectivity index is 2.29. The largest absolute Gasteiger partial charge is 0.0850 e. The molecule has 1 heteroatoms. The minimum Gasteiger partial charge on any atom is -0.0850 e. The summed E-state index contributed by atoms with van der Waals surface area (Å²) in [4.78, 5) is 0. The Kier molecular flexibility index (Phi) is 4.01. The van der Waals surface area contributed by atoms with Crippen molar-refractivity contribution in [3.63, 3.8) is 0 Å². The molecule has 0 N–H and O–H groups in total. The fraction of sp³-hybridized carbons (Fsp3) is 0.0588. The molecule has 0 aliphatic carbocycles. The molecular formula is C17H15Cl. The highest BCUT2D eigenvalue weighted by atomic mass is 35.5. The van der Waals surface area contributed by atoms with Crippen molar-refractivity contribution in [1.82, 2.24) is 0 Å². The summed E-state index contributed by atoms with van der Waals surface area (Å²) in [7, 11) is 0. The molecule has 0 aliphatic heterocycles. The van der Waals surface area contributed by atoms with Crippen LogP contribution in [-0.2, 0) is 0 Å². The number of benzene rings is 2. The van der Waals surface area contributed by atoms with E-state index in [9.17, 15) is 0 Å². The number of halogens is 1. The molecule has 0 aliphatic rings. The molecule has 0 aromatic heterocycles. The molecule has 2 rings (SSSR count). The van der Waals surface area contributed by atoms with Gasteiger partial charge in [0.05, 0.1) is 0 Å². The maximum Gasteiger partial charge on any atom is 0.0337 e. The van der Waals surface area contributed by atoms with Gasteiger partial charge in [-0.2, -0.15) is 0 Å². The van der Waals surface area contributed by atoms with Crippen LogP contribution >= 0.6 is 11.6 Å². The van der Waals surface area contributed by atoms with Crippen LogP contribution in [0.25, 0.3) is 16.7 Å². The Morgan fingerprint density at radius 1 is 0.944 bits per heavy atom. The highest BCUT2D eigenvalue weighted by Gasteiger charge is 1.99. The van der Waals surface area contributed by atoms with Gasteiger partial charge in [0.25, 0.3) is 0 Å². The molecule has 0 bridgehead atoms. The Hall–Kier alpha value is -1.79. The van der Waals surface area contributed by atoms with Crippen LogP contribution in [0.4, 0.5) is 0 Å². The van der Waals surface area contributed by atoms with Crippen LogP contribution in [0.1, 0.15) is 12.5 Å². The summed E-state index contributed by atoms with van der Waals surface area (Å²) in [6.45, 7) is 5.71. The van der Waals surface area contributed by atoms with Crippen molar-refractivity contribution in [3.8, 4) is 11.1 Å². The minimum atomic E-state index is 0.555. The second-order valence-corrected chi connectivity index (χ2v) is 4.70. The third kappa shape index (κ3) is 3.12. The summed E-state index contributed by atoms with van der Waals surface area (Å²) in [5, 5.41) is 0.555. The SMILES string of the molecule is C=C(Cl)/C=C(/C)c1ccc(-c2ccccc2)cc1. The summed E-state index contributed by atoms with van der Waals surface area (Å²) < 4.78 is 0. The molecule has 0 heterocycles. The Morgan fingerprint density at radius 2 is 1.50 bits per heavy atom. The standard InChI is InChI=1S/C17H15Cl/c1-13(12-14(2)18)15-8-10-17(11-9-15)16-6-4-3-5-7-16/h3-12H,2H2,1H3/b13-12-. The van der Waals surface area contributed by atoms with Gasteiger partial charge in [-0.25, -0.2) is 0 Å². The van der Waals surface area contributed by atoms with E-state index in [1.807, 2.05) is 31.2 Å². The van der Waals surface area contributed by atoms with Gasteiger partial charge in [-0.1, -0.05) is 72.8 Å². The molecule has 0 nitrogen and oxygen atoms in total. The zero-order chi connectivity index (χ0) is 13.0. The van der Waals surface area contributed by atoms with Crippen LogP contribution in [0.2, 0.25) is 0 Å². The molecule has 0 atom stereocenters. The number of hydrogen-bond acceptors (Lipinski definition) is 0. The summed E-state index contributed by atoms with van der Waals surface area (Å²) in [6.07, 6.45) is 1.87. The van der Waals surface area contributed by atoms with Gasteiger partial charge in [-0.05, 0) is 35.3 Å². The van der Waals surface area contributed by atoms with Gasteiger partial charge in [0.1, 0.15) is 0 Å². The first-order valence-electron chi connectivity index (χ1n) is 5.85. The predicted molar refractivity (Wildman–Crippen MR) is 80.5 cm³/mol. The molecule has 18 heavy (non-hydrogen) atoms. The average Bonchev–Trinajstić information content (AvgIpc) is 2.39. The molecular weight excluding hydrogens is 240 g/mol. The van der Waals surface area contributed by atoms with Crippen LogP contribution in [-0.4, -0.2) is 0 Å². The first-order chi connectivity index (χ1) is 8.66. The topological polar surface area (TPSA) is 0 Å². The summed E-state index contributed by atoms with van der Waals surface area (Å²) in [5.41, 5.74) is 4.73. The van der Waals surface area contributed by atoms with Crippen molar-refractivity contribution < 1.29 is 0 Å². The van der Waals surface area contributed by atoms with E-state index in [-0.39, 0.29) is 0 Å². The van der Waals surface area contributed by atoms with Gasteiger partial charge in [-0.15, -0.1) is 0 Å². The Bertz CT molecular complexity index is 562. The molecule has 0 fully saturated rings. The van der Waals surface area contributed by atoms with Crippen LogP contribution in [0.3, 0.4) is 0 Å². The van der Waals surface area contributed by atoms with E-state index in [0.717, 1.165) is 11.1 Å². The van der Waals surface area contributed by atoms with E-state index < -0.39 is 0 Å². The maximum atomic E-state index is 5.78. The van der Waals surface area contributed by atoms with E-state index in [2.05, 4.69) is 43.0 Å². The van der Waals surface area contributed by atoms with Crippen molar-refractivity contribution in [1.29, 1.82) is 0 Å². The van der Waals surface area contributed by atoms with E-state index in [1.54, 1.807) is 0 Å². The lowest BCUT2D eigenvalue weighted by Gasteiger charge is -2.05. The molecule has 0 radical (unpaired) electrons. The van der Waals surface area contributed by atoms with Crippen LogP contribution < -0.4 is 0 Å². The van der Waals surface area contributed by atoms with Gasteiger partial charge in [0, 0.05) is 5.03 Å². The monoisotopic (exact) mass is 254 g/mol. The van der Waals surface area contributed by atoms with Crippen molar-refractivity contribution in [2.45, 2.75) is 6.92 Å². The first kappa shape index (κ1) is 12.7. The lowest BCUT2D eigenvalue weighted by atomic mass is 10.0. The molecule has 0 saturated carbocycles. The molecule has 0 amide bonds. The average molecular weight is 255 g/mol. The summed E-state index contributed by atoms with van der Waals surface area (Å²) in [6, 6.07) is 18.8. The zero-order valence-electron chi connectivity index (χ0n) is 10.4. The zero-order valence-corrected chi connectivity index (χ0v) is 11.1. The quantitative estimate of drug-likeness (QED) is 0.634. The maximum absolute atomic E-state index is 5.78. The third-order valence-electron chi connectivity index (χ3n) is 2.82. The second-order valence-electron chi connectivity index (χ2n) is 4.22. The van der Waals surface area contributed by atoms with Gasteiger partial charge in [-0.3, -0.25) is 0 Å². The second kappa shape index (κ2) is 5.70. The van der Waals surface area contributed by atoms with Gasteiger partial charge in [0.15, 0.2) is 0 Å². The molecule has 0 unspecified atom stereocenters. The summed E-state index contributed by atoms with van der Waals surface area (Å²) >= 11 is 5.78. The fourth-order valence-corrected chi connectivity index (χ4v) is 2.04. The van der Waals surface area contributed by atoms with Gasteiger partial charge in [0.2, 0.25) is 0 Å². The van der Waals surface area contributed by atoms with E-state index >= 15 is 0 Å². The molecule has 2 aromatic carbocycles. The fourth-order valence-electron chi connectivity index (χ4n) is 1.87. The Morgan fingerprint density at radius 3 is 2.06 bits per heavy atom. The summed E-state index contributed by atoms with van der Waals surface area (Å²) in [5.74, 6) is 0. The highest BCUT2D eigenvalue weighted by Crippen LogP contribution is 2.23. The normalized spacial score (nSPS) is 11.3. The number of rotatable bonds is 3. The van der Waals surface area contributed by atoms with E-state index in [4.69, 9.17) is 11.6 Å². The lowest BCUT2D eigenvalue weighted by molar-refractivity contribution is 1.55. The first-order valence-corrected chi connectivity index (χ1v) is 6.23. The molecule has 2 aromatic rings. The van der Waals surface area contributed by atoms with Gasteiger partial charge < -0.3 is 0 Å². The van der Waals surface area contributed by atoms with E-state index in [1.165, 1.54) is 11.1 Å². The van der Waals surface area contributed by atoms with Crippen molar-refractivity contribution in [3.05, 3.63) is 77.8 Å².